The van der Waals surface area contributed by atoms with Crippen LogP contribution in [0.3, 0.4) is 0 Å². The number of aryl methyl sites for hydroxylation is 1. The Morgan fingerprint density at radius 3 is 3.06 bits per heavy atom. The SMILES string of the molecule is CCOC(O)c1cccc(-n2ncc3c2CCCC3NC(=O)c2noc3c2CCCC3)c1. The number of aliphatic hydroxyl groups is 1. The molecule has 8 nitrogen and oxygen atoms in total. The predicted octanol–water partition coefficient (Wildman–Crippen LogP) is 3.57. The smallest absolute Gasteiger partial charge is 0.274 e. The molecule has 2 aliphatic carbocycles. The first kappa shape index (κ1) is 20.9. The van der Waals surface area contributed by atoms with Crippen LogP contribution in [0.25, 0.3) is 5.69 Å². The summed E-state index contributed by atoms with van der Waals surface area (Å²) in [5.41, 5.74) is 5.04. The van der Waals surface area contributed by atoms with Crippen molar-refractivity contribution >= 4 is 5.91 Å². The van der Waals surface area contributed by atoms with Gasteiger partial charge in [-0.2, -0.15) is 5.10 Å². The second-order valence-electron chi connectivity index (χ2n) is 8.42. The number of nitrogens with one attached hydrogen (secondary N) is 1. The summed E-state index contributed by atoms with van der Waals surface area (Å²) in [5, 5.41) is 22.0. The van der Waals surface area contributed by atoms with E-state index in [-0.39, 0.29) is 11.9 Å². The van der Waals surface area contributed by atoms with Crippen molar-refractivity contribution in [2.24, 2.45) is 0 Å². The van der Waals surface area contributed by atoms with Gasteiger partial charge in [0, 0.05) is 35.4 Å². The predicted molar refractivity (Wildman–Crippen MR) is 116 cm³/mol. The van der Waals surface area contributed by atoms with Crippen LogP contribution in [0, 0.1) is 0 Å². The van der Waals surface area contributed by atoms with Crippen LogP contribution < -0.4 is 5.32 Å². The van der Waals surface area contributed by atoms with E-state index in [4.69, 9.17) is 9.26 Å². The quantitative estimate of drug-likeness (QED) is 0.573. The molecule has 0 saturated heterocycles. The van der Waals surface area contributed by atoms with Crippen LogP contribution in [0.5, 0.6) is 0 Å². The van der Waals surface area contributed by atoms with Crippen molar-refractivity contribution in [3.05, 3.63) is 64.3 Å². The van der Waals surface area contributed by atoms with E-state index in [0.717, 1.165) is 73.2 Å². The van der Waals surface area contributed by atoms with E-state index in [1.54, 1.807) is 0 Å². The summed E-state index contributed by atoms with van der Waals surface area (Å²) in [4.78, 5) is 13.0. The van der Waals surface area contributed by atoms with Gasteiger partial charge < -0.3 is 19.7 Å². The number of fused-ring (bicyclic) bond motifs is 2. The lowest BCUT2D eigenvalue weighted by atomic mass is 9.92. The third-order valence-corrected chi connectivity index (χ3v) is 6.38. The van der Waals surface area contributed by atoms with Crippen molar-refractivity contribution in [3.63, 3.8) is 0 Å². The summed E-state index contributed by atoms with van der Waals surface area (Å²) < 4.78 is 12.6. The Bertz CT molecular complexity index is 1120. The van der Waals surface area contributed by atoms with Gasteiger partial charge in [-0.05, 0) is 57.6 Å². The molecule has 1 amide bonds. The van der Waals surface area contributed by atoms with Gasteiger partial charge in [-0.15, -0.1) is 0 Å². The van der Waals surface area contributed by atoms with Crippen LogP contribution in [0.1, 0.15) is 83.6 Å². The molecule has 2 unspecified atom stereocenters. The Morgan fingerprint density at radius 2 is 2.19 bits per heavy atom. The van der Waals surface area contributed by atoms with Crippen LogP contribution in [-0.4, -0.2) is 32.6 Å². The normalized spacial score (nSPS) is 18.6. The standard InChI is InChI=1S/C24H28N4O4/c1-2-31-24(30)15-7-5-8-16(13-15)28-20-11-6-10-19(18(20)14-25-28)26-23(29)22-17-9-3-4-12-21(17)32-27-22/h5,7-8,13-14,19,24,30H,2-4,6,9-12H2,1H3,(H,26,29). The third-order valence-electron chi connectivity index (χ3n) is 6.38. The highest BCUT2D eigenvalue weighted by atomic mass is 16.6. The minimum absolute atomic E-state index is 0.117. The summed E-state index contributed by atoms with van der Waals surface area (Å²) in [5.74, 6) is 0.678. The molecule has 0 radical (unpaired) electrons. The van der Waals surface area contributed by atoms with Crippen molar-refractivity contribution in [2.45, 2.75) is 64.2 Å². The van der Waals surface area contributed by atoms with Gasteiger partial charge >= 0.3 is 0 Å². The number of nitrogens with zero attached hydrogens (tertiary/aromatic N) is 3. The van der Waals surface area contributed by atoms with Crippen molar-refractivity contribution in [2.75, 3.05) is 6.61 Å². The number of hydrogen-bond donors (Lipinski definition) is 2. The molecule has 2 N–H and O–H groups in total. The Labute approximate surface area is 186 Å². The Hall–Kier alpha value is -2.97. The fraction of sp³-hybridized carbons (Fsp3) is 0.458. The second-order valence-corrected chi connectivity index (χ2v) is 8.42. The van der Waals surface area contributed by atoms with Crippen molar-refractivity contribution in [1.29, 1.82) is 0 Å². The largest absolute Gasteiger partial charge is 0.364 e. The minimum atomic E-state index is -0.966. The second kappa shape index (κ2) is 8.88. The zero-order valence-electron chi connectivity index (χ0n) is 18.2. The molecular formula is C24H28N4O4. The fourth-order valence-electron chi connectivity index (χ4n) is 4.78. The average molecular weight is 437 g/mol. The summed E-state index contributed by atoms with van der Waals surface area (Å²) in [6, 6.07) is 7.45. The van der Waals surface area contributed by atoms with Gasteiger partial charge in [0.25, 0.3) is 5.91 Å². The van der Waals surface area contributed by atoms with Crippen LogP contribution in [0.4, 0.5) is 0 Å². The number of carbonyl (C=O) groups excluding carboxylic acids is 1. The maximum absolute atomic E-state index is 13.0. The van der Waals surface area contributed by atoms with Crippen LogP contribution >= 0.6 is 0 Å². The topological polar surface area (TPSA) is 102 Å². The molecule has 0 bridgehead atoms. The zero-order chi connectivity index (χ0) is 22.1. The number of rotatable bonds is 6. The third kappa shape index (κ3) is 3.84. The highest BCUT2D eigenvalue weighted by Crippen LogP contribution is 2.32. The molecule has 0 spiro atoms. The van der Waals surface area contributed by atoms with Gasteiger partial charge in [0.15, 0.2) is 12.0 Å². The molecule has 168 valence electrons. The number of hydrogen-bond acceptors (Lipinski definition) is 6. The first-order valence-corrected chi connectivity index (χ1v) is 11.4. The number of aliphatic hydroxyl groups excluding tert-OH is 1. The van der Waals surface area contributed by atoms with Crippen LogP contribution in [0.2, 0.25) is 0 Å². The summed E-state index contributed by atoms with van der Waals surface area (Å²) in [6.07, 6.45) is 7.39. The summed E-state index contributed by atoms with van der Waals surface area (Å²) in [6.45, 7) is 2.28. The van der Waals surface area contributed by atoms with E-state index in [0.29, 0.717) is 17.9 Å². The molecule has 2 aliphatic rings. The molecule has 0 saturated carbocycles. The Kier molecular flexibility index (Phi) is 5.80. The lowest BCUT2D eigenvalue weighted by Gasteiger charge is -2.24. The van der Waals surface area contributed by atoms with E-state index in [9.17, 15) is 9.90 Å². The van der Waals surface area contributed by atoms with Crippen LogP contribution in [-0.2, 0) is 24.0 Å². The fourth-order valence-corrected chi connectivity index (χ4v) is 4.78. The molecule has 8 heteroatoms. The molecular weight excluding hydrogens is 408 g/mol. The zero-order valence-corrected chi connectivity index (χ0v) is 18.2. The molecule has 1 aromatic carbocycles. The average Bonchev–Trinajstić information content (AvgIpc) is 3.44. The minimum Gasteiger partial charge on any atom is -0.364 e. The van der Waals surface area contributed by atoms with Crippen molar-refractivity contribution < 1.29 is 19.2 Å². The first-order valence-electron chi connectivity index (χ1n) is 11.4. The summed E-state index contributed by atoms with van der Waals surface area (Å²) in [7, 11) is 0. The maximum Gasteiger partial charge on any atom is 0.274 e. The Balaban J connectivity index is 1.39. The maximum atomic E-state index is 13.0. The molecule has 2 atom stereocenters. The highest BCUT2D eigenvalue weighted by molar-refractivity contribution is 5.94. The highest BCUT2D eigenvalue weighted by Gasteiger charge is 2.30. The molecule has 2 heterocycles. The summed E-state index contributed by atoms with van der Waals surface area (Å²) >= 11 is 0. The van der Waals surface area contributed by atoms with E-state index >= 15 is 0 Å². The molecule has 32 heavy (non-hydrogen) atoms. The van der Waals surface area contributed by atoms with Crippen molar-refractivity contribution in [1.82, 2.24) is 20.3 Å². The molecule has 3 aromatic rings. The number of ether oxygens (including phenoxy) is 1. The first-order chi connectivity index (χ1) is 15.7. The molecule has 2 aromatic heterocycles. The van der Waals surface area contributed by atoms with Crippen molar-refractivity contribution in [3.8, 4) is 5.69 Å². The van der Waals surface area contributed by atoms with E-state index in [1.807, 2.05) is 42.1 Å². The number of carbonyl (C=O) groups is 1. The molecule has 0 aliphatic heterocycles. The van der Waals surface area contributed by atoms with Gasteiger partial charge in [-0.3, -0.25) is 4.79 Å². The van der Waals surface area contributed by atoms with Gasteiger partial charge in [0.2, 0.25) is 0 Å². The van der Waals surface area contributed by atoms with Gasteiger partial charge in [-0.1, -0.05) is 17.3 Å². The lowest BCUT2D eigenvalue weighted by Crippen LogP contribution is -2.32. The van der Waals surface area contributed by atoms with E-state index < -0.39 is 6.29 Å². The number of aromatic nitrogens is 3. The lowest BCUT2D eigenvalue weighted by molar-refractivity contribution is -0.0979. The molecule has 5 rings (SSSR count). The van der Waals surface area contributed by atoms with Gasteiger partial charge in [0.1, 0.15) is 5.76 Å². The van der Waals surface area contributed by atoms with E-state index in [2.05, 4.69) is 15.6 Å². The number of benzene rings is 1. The number of amides is 1. The van der Waals surface area contributed by atoms with Crippen LogP contribution in [0.15, 0.2) is 35.0 Å². The van der Waals surface area contributed by atoms with E-state index in [1.165, 1.54) is 0 Å². The Morgan fingerprint density at radius 1 is 1.31 bits per heavy atom. The molecule has 0 fully saturated rings. The monoisotopic (exact) mass is 436 g/mol. The van der Waals surface area contributed by atoms with Gasteiger partial charge in [-0.25, -0.2) is 4.68 Å². The van der Waals surface area contributed by atoms with Gasteiger partial charge in [0.05, 0.1) is 17.9 Å².